The molecular weight excluding hydrogens is 256 g/mol. The van der Waals surface area contributed by atoms with Crippen LogP contribution in [0.4, 0.5) is 10.5 Å². The summed E-state index contributed by atoms with van der Waals surface area (Å²) in [5.74, 6) is -0.175. The Morgan fingerprint density at radius 2 is 1.95 bits per heavy atom. The van der Waals surface area contributed by atoms with Gasteiger partial charge in [-0.05, 0) is 31.0 Å². The van der Waals surface area contributed by atoms with Crippen LogP contribution < -0.4 is 22.1 Å². The quantitative estimate of drug-likeness (QED) is 0.662. The van der Waals surface area contributed by atoms with Gasteiger partial charge < -0.3 is 22.1 Å². The first-order chi connectivity index (χ1) is 9.54. The van der Waals surface area contributed by atoms with Gasteiger partial charge in [0.25, 0.3) is 5.91 Å². The summed E-state index contributed by atoms with van der Waals surface area (Å²) in [7, 11) is 0. The van der Waals surface area contributed by atoms with Gasteiger partial charge in [-0.25, -0.2) is 4.79 Å². The molecule has 6 heteroatoms. The lowest BCUT2D eigenvalue weighted by Gasteiger charge is -2.28. The van der Waals surface area contributed by atoms with Crippen LogP contribution >= 0.6 is 0 Å². The summed E-state index contributed by atoms with van der Waals surface area (Å²) in [4.78, 5) is 23.1. The van der Waals surface area contributed by atoms with Crippen molar-refractivity contribution in [3.63, 3.8) is 0 Å². The van der Waals surface area contributed by atoms with Crippen LogP contribution in [0.1, 0.15) is 36.0 Å². The second-order valence-electron chi connectivity index (χ2n) is 5.22. The predicted molar refractivity (Wildman–Crippen MR) is 77.4 cm³/mol. The van der Waals surface area contributed by atoms with Gasteiger partial charge in [0, 0.05) is 17.8 Å². The van der Waals surface area contributed by atoms with Crippen molar-refractivity contribution >= 4 is 17.6 Å². The SMILES string of the molecule is NCC1(NC(=O)c2cccc(NC(N)=O)c2)CCCC1. The number of primary amides is 1. The van der Waals surface area contributed by atoms with Crippen LogP contribution in [-0.2, 0) is 0 Å². The standard InChI is InChI=1S/C14H20N4O2/c15-9-14(6-1-2-7-14)18-12(19)10-4-3-5-11(8-10)17-13(16)20/h3-5,8H,1-2,6-7,9,15H2,(H,18,19)(H3,16,17,20). The molecule has 0 unspecified atom stereocenters. The Balaban J connectivity index is 2.10. The monoisotopic (exact) mass is 276 g/mol. The molecule has 0 radical (unpaired) electrons. The number of amides is 3. The van der Waals surface area contributed by atoms with Gasteiger partial charge in [-0.2, -0.15) is 0 Å². The Kier molecular flexibility index (Phi) is 4.24. The fourth-order valence-corrected chi connectivity index (χ4v) is 2.63. The highest BCUT2D eigenvalue weighted by Crippen LogP contribution is 2.29. The smallest absolute Gasteiger partial charge is 0.316 e. The molecule has 6 nitrogen and oxygen atoms in total. The zero-order valence-corrected chi connectivity index (χ0v) is 11.3. The van der Waals surface area contributed by atoms with E-state index in [0.717, 1.165) is 25.7 Å². The number of nitrogens with two attached hydrogens (primary N) is 2. The van der Waals surface area contributed by atoms with Gasteiger partial charge in [-0.1, -0.05) is 18.9 Å². The first kappa shape index (κ1) is 14.3. The molecular formula is C14H20N4O2. The van der Waals surface area contributed by atoms with Crippen molar-refractivity contribution < 1.29 is 9.59 Å². The first-order valence-electron chi connectivity index (χ1n) is 6.74. The summed E-state index contributed by atoms with van der Waals surface area (Å²) < 4.78 is 0. The molecule has 20 heavy (non-hydrogen) atoms. The van der Waals surface area contributed by atoms with Gasteiger partial charge in [0.05, 0.1) is 5.54 Å². The van der Waals surface area contributed by atoms with Crippen LogP contribution in [0.2, 0.25) is 0 Å². The van der Waals surface area contributed by atoms with E-state index in [1.807, 2.05) is 0 Å². The van der Waals surface area contributed by atoms with Gasteiger partial charge in [0.15, 0.2) is 0 Å². The van der Waals surface area contributed by atoms with Crippen molar-refractivity contribution in [1.82, 2.24) is 5.32 Å². The summed E-state index contributed by atoms with van der Waals surface area (Å²) in [6.07, 6.45) is 3.99. The van der Waals surface area contributed by atoms with E-state index in [9.17, 15) is 9.59 Å². The van der Waals surface area contributed by atoms with E-state index in [1.54, 1.807) is 24.3 Å². The van der Waals surface area contributed by atoms with E-state index < -0.39 is 6.03 Å². The number of carbonyl (C=O) groups is 2. The zero-order chi connectivity index (χ0) is 14.6. The van der Waals surface area contributed by atoms with Crippen molar-refractivity contribution in [2.24, 2.45) is 11.5 Å². The number of rotatable bonds is 4. The first-order valence-corrected chi connectivity index (χ1v) is 6.74. The van der Waals surface area contributed by atoms with Crippen molar-refractivity contribution in [2.75, 3.05) is 11.9 Å². The van der Waals surface area contributed by atoms with Crippen molar-refractivity contribution in [2.45, 2.75) is 31.2 Å². The van der Waals surface area contributed by atoms with Crippen LogP contribution in [0, 0.1) is 0 Å². The molecule has 0 spiro atoms. The summed E-state index contributed by atoms with van der Waals surface area (Å²) in [5.41, 5.74) is 11.6. The Morgan fingerprint density at radius 3 is 2.55 bits per heavy atom. The molecule has 0 bridgehead atoms. The maximum atomic E-state index is 12.3. The highest BCUT2D eigenvalue weighted by atomic mass is 16.2. The molecule has 0 atom stereocenters. The van der Waals surface area contributed by atoms with Crippen LogP contribution in [-0.4, -0.2) is 24.0 Å². The van der Waals surface area contributed by atoms with Crippen LogP contribution in [0.3, 0.4) is 0 Å². The molecule has 108 valence electrons. The van der Waals surface area contributed by atoms with Crippen molar-refractivity contribution in [3.05, 3.63) is 29.8 Å². The van der Waals surface area contributed by atoms with Crippen LogP contribution in [0.5, 0.6) is 0 Å². The van der Waals surface area contributed by atoms with Crippen molar-refractivity contribution in [1.29, 1.82) is 0 Å². The Morgan fingerprint density at radius 1 is 1.25 bits per heavy atom. The minimum Gasteiger partial charge on any atom is -0.351 e. The molecule has 1 aromatic rings. The molecule has 1 aliphatic carbocycles. The second kappa shape index (κ2) is 5.92. The molecule has 0 aromatic heterocycles. The van der Waals surface area contributed by atoms with Crippen LogP contribution in [0.25, 0.3) is 0 Å². The molecule has 1 fully saturated rings. The summed E-state index contributed by atoms with van der Waals surface area (Å²) in [6, 6.07) is 6.01. The van der Waals surface area contributed by atoms with E-state index in [4.69, 9.17) is 11.5 Å². The Bertz CT molecular complexity index is 510. The fourth-order valence-electron chi connectivity index (χ4n) is 2.63. The highest BCUT2D eigenvalue weighted by molar-refractivity contribution is 5.97. The normalized spacial score (nSPS) is 16.6. The molecule has 1 saturated carbocycles. The van der Waals surface area contributed by atoms with E-state index in [1.165, 1.54) is 0 Å². The Hall–Kier alpha value is -2.08. The lowest BCUT2D eigenvalue weighted by Crippen LogP contribution is -2.51. The number of hydrogen-bond donors (Lipinski definition) is 4. The van der Waals surface area contributed by atoms with Crippen molar-refractivity contribution in [3.8, 4) is 0 Å². The predicted octanol–water partition coefficient (Wildman–Crippen LogP) is 1.18. The number of hydrogen-bond acceptors (Lipinski definition) is 3. The number of anilines is 1. The average Bonchev–Trinajstić information content (AvgIpc) is 2.87. The Labute approximate surface area is 117 Å². The van der Waals surface area contributed by atoms with Crippen LogP contribution in [0.15, 0.2) is 24.3 Å². The number of urea groups is 1. The average molecular weight is 276 g/mol. The minimum absolute atomic E-state index is 0.175. The number of benzene rings is 1. The molecule has 3 amide bonds. The summed E-state index contributed by atoms with van der Waals surface area (Å²) in [6.45, 7) is 0.442. The molecule has 0 saturated heterocycles. The summed E-state index contributed by atoms with van der Waals surface area (Å²) >= 11 is 0. The van der Waals surface area contributed by atoms with Gasteiger partial charge in [-0.3, -0.25) is 4.79 Å². The maximum Gasteiger partial charge on any atom is 0.316 e. The third-order valence-corrected chi connectivity index (χ3v) is 3.72. The topological polar surface area (TPSA) is 110 Å². The minimum atomic E-state index is -0.656. The van der Waals surface area contributed by atoms with E-state index >= 15 is 0 Å². The molecule has 0 aliphatic heterocycles. The van der Waals surface area contributed by atoms with E-state index in [2.05, 4.69) is 10.6 Å². The van der Waals surface area contributed by atoms with E-state index in [0.29, 0.717) is 17.8 Å². The zero-order valence-electron chi connectivity index (χ0n) is 11.3. The lowest BCUT2D eigenvalue weighted by molar-refractivity contribution is 0.0903. The molecule has 2 rings (SSSR count). The van der Waals surface area contributed by atoms with Gasteiger partial charge in [0.1, 0.15) is 0 Å². The van der Waals surface area contributed by atoms with Gasteiger partial charge in [-0.15, -0.1) is 0 Å². The lowest BCUT2D eigenvalue weighted by atomic mass is 9.97. The van der Waals surface area contributed by atoms with Gasteiger partial charge >= 0.3 is 6.03 Å². The fraction of sp³-hybridized carbons (Fsp3) is 0.429. The molecule has 6 N–H and O–H groups in total. The third-order valence-electron chi connectivity index (χ3n) is 3.72. The molecule has 1 aromatic carbocycles. The highest BCUT2D eigenvalue weighted by Gasteiger charge is 2.34. The third kappa shape index (κ3) is 3.27. The van der Waals surface area contributed by atoms with Gasteiger partial charge in [0.2, 0.25) is 0 Å². The molecule has 1 aliphatic rings. The summed E-state index contributed by atoms with van der Waals surface area (Å²) in [5, 5.41) is 5.48. The van der Waals surface area contributed by atoms with E-state index in [-0.39, 0.29) is 11.4 Å². The largest absolute Gasteiger partial charge is 0.351 e. The maximum absolute atomic E-state index is 12.3. The number of nitrogens with one attached hydrogen (secondary N) is 2. The molecule has 0 heterocycles. The number of carbonyl (C=O) groups excluding carboxylic acids is 2. The second-order valence-corrected chi connectivity index (χ2v) is 5.22.